The minimum atomic E-state index is -0.491. The van der Waals surface area contributed by atoms with Crippen LogP contribution in [0.4, 0.5) is 4.79 Å². The van der Waals surface area contributed by atoms with E-state index in [1.807, 2.05) is 66.7 Å². The largest absolute Gasteiger partial charge is 0.496 e. The number of rotatable bonds is 4. The van der Waals surface area contributed by atoms with Crippen LogP contribution in [-0.4, -0.2) is 47.6 Å². The Hall–Kier alpha value is -3.35. The van der Waals surface area contributed by atoms with Crippen LogP contribution in [0.5, 0.6) is 5.75 Å². The minimum absolute atomic E-state index is 0.0538. The highest BCUT2D eigenvalue weighted by atomic mass is 35.5. The molecule has 3 aromatic rings. The molecule has 2 amide bonds. The first-order valence-corrected chi connectivity index (χ1v) is 12.5. The Morgan fingerprint density at radius 1 is 0.972 bits per heavy atom. The van der Waals surface area contributed by atoms with Crippen LogP contribution < -0.4 is 4.74 Å². The molecule has 0 N–H and O–H groups in total. The van der Waals surface area contributed by atoms with Gasteiger partial charge in [-0.1, -0.05) is 59.6 Å². The first-order valence-electron chi connectivity index (χ1n) is 11.8. The fraction of sp³-hybridized carbons (Fsp3) is 0.250. The second-order valence-electron chi connectivity index (χ2n) is 8.87. The summed E-state index contributed by atoms with van der Waals surface area (Å²) < 4.78 is 5.64. The van der Waals surface area contributed by atoms with Gasteiger partial charge < -0.3 is 9.64 Å². The molecule has 0 bridgehead atoms. The standard InChI is InChI=1S/C28H25Cl2N3O3/c1-36-24-10-3-2-9-23(24)27-31-25(18-11-13-20(29)14-12-18)26(19-6-4-7-21(30)16-19)33(27)28(35)32-15-5-8-22(34)17-32/h2-4,6-7,9-14,16,25-26H,5,8,15,17H2,1H3. The second-order valence-corrected chi connectivity index (χ2v) is 9.74. The highest BCUT2D eigenvalue weighted by Gasteiger charge is 2.45. The van der Waals surface area contributed by atoms with Gasteiger partial charge in [-0.15, -0.1) is 0 Å². The van der Waals surface area contributed by atoms with Crippen molar-refractivity contribution in [1.29, 1.82) is 0 Å². The van der Waals surface area contributed by atoms with Crippen molar-refractivity contribution >= 4 is 40.9 Å². The summed E-state index contributed by atoms with van der Waals surface area (Å²) in [4.78, 5) is 34.8. The van der Waals surface area contributed by atoms with Crippen LogP contribution in [0.1, 0.15) is 41.6 Å². The summed E-state index contributed by atoms with van der Waals surface area (Å²) in [6, 6.07) is 21.3. The van der Waals surface area contributed by atoms with Crippen molar-refractivity contribution in [3.05, 3.63) is 99.5 Å². The van der Waals surface area contributed by atoms with Crippen LogP contribution in [0.15, 0.2) is 77.8 Å². The number of benzene rings is 3. The van der Waals surface area contributed by atoms with Crippen LogP contribution >= 0.6 is 23.2 Å². The Morgan fingerprint density at radius 2 is 1.75 bits per heavy atom. The normalized spacial score (nSPS) is 19.9. The van der Waals surface area contributed by atoms with E-state index in [0.29, 0.717) is 46.6 Å². The molecule has 2 aliphatic heterocycles. The van der Waals surface area contributed by atoms with Crippen molar-refractivity contribution in [3.8, 4) is 5.75 Å². The first-order chi connectivity index (χ1) is 17.5. The monoisotopic (exact) mass is 521 g/mol. The van der Waals surface area contributed by atoms with Crippen molar-refractivity contribution in [2.24, 2.45) is 4.99 Å². The number of hydrogen-bond acceptors (Lipinski definition) is 4. The van der Waals surface area contributed by atoms with E-state index in [-0.39, 0.29) is 18.4 Å². The van der Waals surface area contributed by atoms with E-state index in [4.69, 9.17) is 32.9 Å². The molecule has 36 heavy (non-hydrogen) atoms. The average molecular weight is 522 g/mol. The van der Waals surface area contributed by atoms with E-state index >= 15 is 0 Å². The van der Waals surface area contributed by atoms with Gasteiger partial charge in [-0.3, -0.25) is 14.7 Å². The van der Waals surface area contributed by atoms with E-state index < -0.39 is 12.1 Å². The second kappa shape index (κ2) is 10.3. The lowest BCUT2D eigenvalue weighted by Crippen LogP contribution is -2.50. The summed E-state index contributed by atoms with van der Waals surface area (Å²) in [6.45, 7) is 0.594. The van der Waals surface area contributed by atoms with Crippen LogP contribution in [0.25, 0.3) is 0 Å². The number of piperidine rings is 1. The number of likely N-dealkylation sites (tertiary alicyclic amines) is 1. The zero-order chi connectivity index (χ0) is 25.2. The maximum absolute atomic E-state index is 14.2. The molecule has 2 aliphatic rings. The molecule has 1 saturated heterocycles. The number of urea groups is 1. The Labute approximate surface area is 220 Å². The summed E-state index contributed by atoms with van der Waals surface area (Å²) in [6.07, 6.45) is 1.13. The Morgan fingerprint density at radius 3 is 2.47 bits per heavy atom. The number of ketones is 1. The molecule has 3 aromatic carbocycles. The van der Waals surface area contributed by atoms with Gasteiger partial charge in [0.2, 0.25) is 0 Å². The van der Waals surface area contributed by atoms with Gasteiger partial charge in [0.1, 0.15) is 17.6 Å². The summed E-state index contributed by atoms with van der Waals surface area (Å²) in [5.41, 5.74) is 2.44. The number of carbonyl (C=O) groups excluding carboxylic acids is 2. The van der Waals surface area contributed by atoms with E-state index in [1.54, 1.807) is 23.0 Å². The number of Topliss-reactive ketones (excluding diaryl/α,β-unsaturated/α-hetero) is 1. The molecular weight excluding hydrogens is 497 g/mol. The van der Waals surface area contributed by atoms with E-state index in [9.17, 15) is 9.59 Å². The lowest BCUT2D eigenvalue weighted by Gasteiger charge is -2.35. The van der Waals surface area contributed by atoms with Gasteiger partial charge >= 0.3 is 6.03 Å². The van der Waals surface area contributed by atoms with Crippen LogP contribution in [0.3, 0.4) is 0 Å². The summed E-state index contributed by atoms with van der Waals surface area (Å²) >= 11 is 12.6. The Kier molecular flexibility index (Phi) is 6.99. The fourth-order valence-electron chi connectivity index (χ4n) is 4.87. The number of ether oxygens (including phenoxy) is 1. The predicted molar refractivity (Wildman–Crippen MR) is 141 cm³/mol. The molecule has 0 aromatic heterocycles. The number of carbonyl (C=O) groups is 2. The molecule has 0 radical (unpaired) electrons. The molecule has 8 heteroatoms. The van der Waals surface area contributed by atoms with E-state index in [1.165, 1.54) is 0 Å². The van der Waals surface area contributed by atoms with Crippen LogP contribution in [0, 0.1) is 0 Å². The lowest BCUT2D eigenvalue weighted by atomic mass is 9.93. The van der Waals surface area contributed by atoms with Gasteiger partial charge in [0.05, 0.1) is 25.3 Å². The summed E-state index contributed by atoms with van der Waals surface area (Å²) in [5, 5.41) is 1.18. The third kappa shape index (κ3) is 4.71. The Balaban J connectivity index is 1.70. The number of halogens is 2. The molecular formula is C28H25Cl2N3O3. The number of nitrogens with zero attached hydrogens (tertiary/aromatic N) is 3. The zero-order valence-electron chi connectivity index (χ0n) is 19.7. The summed E-state index contributed by atoms with van der Waals surface area (Å²) in [5.74, 6) is 1.14. The minimum Gasteiger partial charge on any atom is -0.496 e. The maximum atomic E-state index is 14.2. The van der Waals surface area contributed by atoms with Crippen molar-refractivity contribution in [2.45, 2.75) is 24.9 Å². The molecule has 0 saturated carbocycles. The van der Waals surface area contributed by atoms with Gasteiger partial charge in [0.25, 0.3) is 0 Å². The number of aliphatic imine (C=N–C) groups is 1. The van der Waals surface area contributed by atoms with E-state index in [2.05, 4.69) is 0 Å². The quantitative estimate of drug-likeness (QED) is 0.402. The van der Waals surface area contributed by atoms with Gasteiger partial charge in [0.15, 0.2) is 5.78 Å². The van der Waals surface area contributed by atoms with E-state index in [0.717, 1.165) is 11.1 Å². The van der Waals surface area contributed by atoms with Gasteiger partial charge in [0, 0.05) is 23.0 Å². The smallest absolute Gasteiger partial charge is 0.326 e. The number of amidine groups is 1. The van der Waals surface area contributed by atoms with Crippen molar-refractivity contribution < 1.29 is 14.3 Å². The van der Waals surface area contributed by atoms with Crippen LogP contribution in [0.2, 0.25) is 10.0 Å². The average Bonchev–Trinajstić information content (AvgIpc) is 3.29. The molecule has 2 heterocycles. The van der Waals surface area contributed by atoms with Gasteiger partial charge in [-0.25, -0.2) is 4.79 Å². The fourth-order valence-corrected chi connectivity index (χ4v) is 5.19. The third-order valence-corrected chi connectivity index (χ3v) is 7.03. The molecule has 0 aliphatic carbocycles. The molecule has 6 nitrogen and oxygen atoms in total. The maximum Gasteiger partial charge on any atom is 0.326 e. The molecule has 2 atom stereocenters. The first kappa shape index (κ1) is 24.3. The molecule has 0 spiro atoms. The van der Waals surface area contributed by atoms with Gasteiger partial charge in [-0.05, 0) is 53.9 Å². The highest BCUT2D eigenvalue weighted by molar-refractivity contribution is 6.30. The van der Waals surface area contributed by atoms with Gasteiger partial charge in [-0.2, -0.15) is 0 Å². The van der Waals surface area contributed by atoms with Crippen molar-refractivity contribution in [1.82, 2.24) is 9.80 Å². The predicted octanol–water partition coefficient (Wildman–Crippen LogP) is 6.33. The topological polar surface area (TPSA) is 62.2 Å². The molecule has 2 unspecified atom stereocenters. The number of hydrogen-bond donors (Lipinski definition) is 0. The molecule has 184 valence electrons. The van der Waals surface area contributed by atoms with Crippen molar-refractivity contribution in [3.63, 3.8) is 0 Å². The number of methoxy groups -OCH3 is 1. The zero-order valence-corrected chi connectivity index (χ0v) is 21.2. The highest BCUT2D eigenvalue weighted by Crippen LogP contribution is 2.45. The third-order valence-electron chi connectivity index (χ3n) is 6.54. The summed E-state index contributed by atoms with van der Waals surface area (Å²) in [7, 11) is 1.59. The van der Waals surface area contributed by atoms with Crippen molar-refractivity contribution in [2.75, 3.05) is 20.2 Å². The lowest BCUT2D eigenvalue weighted by molar-refractivity contribution is -0.121. The number of para-hydroxylation sites is 1. The molecule has 1 fully saturated rings. The SMILES string of the molecule is COc1ccccc1C1=NC(c2ccc(Cl)cc2)C(c2cccc(Cl)c2)N1C(=O)N1CCCC(=O)C1. The molecule has 5 rings (SSSR count). The number of amides is 2. The van der Waals surface area contributed by atoms with Crippen LogP contribution in [-0.2, 0) is 4.79 Å². The Bertz CT molecular complexity index is 1330.